The Balaban J connectivity index is 1.40. The summed E-state index contributed by atoms with van der Waals surface area (Å²) in [7, 11) is 0. The van der Waals surface area contributed by atoms with Gasteiger partial charge in [-0.2, -0.15) is 0 Å². The van der Waals surface area contributed by atoms with Gasteiger partial charge < -0.3 is 5.32 Å². The van der Waals surface area contributed by atoms with Crippen molar-refractivity contribution in [2.24, 2.45) is 0 Å². The van der Waals surface area contributed by atoms with Crippen molar-refractivity contribution in [2.75, 3.05) is 11.1 Å². The highest BCUT2D eigenvalue weighted by atomic mass is 32.2. The number of rotatable bonds is 8. The van der Waals surface area contributed by atoms with Crippen molar-refractivity contribution >= 4 is 40.0 Å². The Hall–Kier alpha value is -2.71. The number of carbonyl (C=O) groups is 2. The highest BCUT2D eigenvalue weighted by Gasteiger charge is 2.11. The van der Waals surface area contributed by atoms with Crippen LogP contribution in [-0.2, 0) is 22.6 Å². The van der Waals surface area contributed by atoms with E-state index in [9.17, 15) is 9.59 Å². The number of anilines is 1. The van der Waals surface area contributed by atoms with Crippen LogP contribution in [0.2, 0.25) is 0 Å². The van der Waals surface area contributed by atoms with Gasteiger partial charge in [-0.15, -0.1) is 10.2 Å². The van der Waals surface area contributed by atoms with Crippen molar-refractivity contribution in [3.05, 3.63) is 71.8 Å². The quantitative estimate of drug-likeness (QED) is 0.567. The molecule has 0 atom stereocenters. The molecule has 3 rings (SSSR count). The normalized spacial score (nSPS) is 10.4. The molecule has 3 aromatic rings. The van der Waals surface area contributed by atoms with E-state index < -0.39 is 0 Å². The van der Waals surface area contributed by atoms with Gasteiger partial charge in [0.05, 0.1) is 12.2 Å². The maximum absolute atomic E-state index is 11.9. The molecule has 0 aliphatic rings. The van der Waals surface area contributed by atoms with Crippen molar-refractivity contribution in [1.29, 1.82) is 0 Å². The van der Waals surface area contributed by atoms with Gasteiger partial charge in [0.25, 0.3) is 0 Å². The van der Waals surface area contributed by atoms with E-state index in [2.05, 4.69) is 20.8 Å². The zero-order chi connectivity index (χ0) is 18.9. The predicted molar refractivity (Wildman–Crippen MR) is 108 cm³/mol. The molecule has 1 heterocycles. The number of benzene rings is 2. The average Bonchev–Trinajstić information content (AvgIpc) is 3.14. The number of aromatic nitrogens is 2. The molecular weight excluding hydrogens is 380 g/mol. The first kappa shape index (κ1) is 19.1. The Morgan fingerprint density at radius 3 is 2.26 bits per heavy atom. The summed E-state index contributed by atoms with van der Waals surface area (Å²) in [5.74, 6) is -0.530. The summed E-state index contributed by atoms with van der Waals surface area (Å²) in [6.07, 6.45) is 0.184. The second-order valence-electron chi connectivity index (χ2n) is 5.63. The maximum Gasteiger partial charge on any atom is 0.237 e. The summed E-state index contributed by atoms with van der Waals surface area (Å²) >= 11 is 2.64. The van der Waals surface area contributed by atoms with Gasteiger partial charge in [0.1, 0.15) is 0 Å². The van der Waals surface area contributed by atoms with Crippen LogP contribution >= 0.6 is 23.1 Å². The number of nitrogens with zero attached hydrogens (tertiary/aromatic N) is 2. The fraction of sp³-hybridized carbons (Fsp3) is 0.158. The van der Waals surface area contributed by atoms with E-state index in [1.807, 2.05) is 60.7 Å². The topological polar surface area (TPSA) is 84.0 Å². The predicted octanol–water partition coefficient (Wildman–Crippen LogP) is 3.13. The zero-order valence-corrected chi connectivity index (χ0v) is 16.1. The lowest BCUT2D eigenvalue weighted by atomic mass is 10.1. The van der Waals surface area contributed by atoms with Crippen molar-refractivity contribution in [3.8, 4) is 0 Å². The largest absolute Gasteiger partial charge is 0.356 e. The molecule has 0 unspecified atom stereocenters. The number of thioether (sulfide) groups is 1. The summed E-state index contributed by atoms with van der Waals surface area (Å²) in [5.41, 5.74) is 2.02. The standard InChI is InChI=1S/C19H18N4O2S2/c24-16(11-14-7-3-1-4-8-14)21-17(25)13-26-19-23-22-18(27-19)20-12-15-9-5-2-6-10-15/h1-10H,11-13H2,(H,20,22)(H,21,24,25). The molecule has 2 N–H and O–H groups in total. The molecule has 0 aliphatic carbocycles. The van der Waals surface area contributed by atoms with Crippen molar-refractivity contribution in [3.63, 3.8) is 0 Å². The lowest BCUT2D eigenvalue weighted by Gasteiger charge is -2.03. The maximum atomic E-state index is 11.9. The molecule has 6 nitrogen and oxygen atoms in total. The van der Waals surface area contributed by atoms with Crippen LogP contribution in [0.4, 0.5) is 5.13 Å². The smallest absolute Gasteiger partial charge is 0.237 e. The highest BCUT2D eigenvalue weighted by molar-refractivity contribution is 8.01. The second kappa shape index (κ2) is 9.84. The first-order chi connectivity index (χ1) is 13.2. The third-order valence-electron chi connectivity index (χ3n) is 3.51. The van der Waals surface area contributed by atoms with Gasteiger partial charge in [-0.3, -0.25) is 14.9 Å². The van der Waals surface area contributed by atoms with Crippen LogP contribution in [-0.4, -0.2) is 27.8 Å². The Bertz CT molecular complexity index is 885. The molecule has 2 amide bonds. The first-order valence-corrected chi connectivity index (χ1v) is 10.1. The molecule has 0 aliphatic heterocycles. The van der Waals surface area contributed by atoms with Gasteiger partial charge in [0.2, 0.25) is 16.9 Å². The molecule has 0 saturated carbocycles. The van der Waals surface area contributed by atoms with Gasteiger partial charge in [-0.25, -0.2) is 0 Å². The minimum Gasteiger partial charge on any atom is -0.356 e. The minimum absolute atomic E-state index is 0.119. The van der Waals surface area contributed by atoms with Gasteiger partial charge in [0.15, 0.2) is 4.34 Å². The van der Waals surface area contributed by atoms with Crippen LogP contribution in [0.3, 0.4) is 0 Å². The van der Waals surface area contributed by atoms with Crippen LogP contribution in [0.25, 0.3) is 0 Å². The molecule has 138 valence electrons. The van der Waals surface area contributed by atoms with Crippen molar-refractivity contribution in [1.82, 2.24) is 15.5 Å². The Kier molecular flexibility index (Phi) is 6.95. The van der Waals surface area contributed by atoms with Gasteiger partial charge in [-0.05, 0) is 11.1 Å². The molecule has 1 aromatic heterocycles. The van der Waals surface area contributed by atoms with E-state index in [-0.39, 0.29) is 24.0 Å². The van der Waals surface area contributed by atoms with Crippen LogP contribution in [0.15, 0.2) is 65.0 Å². The molecule has 0 saturated heterocycles. The third-order valence-corrected chi connectivity index (χ3v) is 5.52. The van der Waals surface area contributed by atoms with Crippen LogP contribution in [0.5, 0.6) is 0 Å². The summed E-state index contributed by atoms with van der Waals surface area (Å²) in [4.78, 5) is 23.8. The Morgan fingerprint density at radius 1 is 0.889 bits per heavy atom. The van der Waals surface area contributed by atoms with Crippen LogP contribution in [0, 0.1) is 0 Å². The van der Waals surface area contributed by atoms with Gasteiger partial charge in [0, 0.05) is 6.54 Å². The zero-order valence-electron chi connectivity index (χ0n) is 14.4. The third kappa shape index (κ3) is 6.50. The highest BCUT2D eigenvalue weighted by Crippen LogP contribution is 2.25. The van der Waals surface area contributed by atoms with Gasteiger partial charge in [-0.1, -0.05) is 83.8 Å². The van der Waals surface area contributed by atoms with E-state index >= 15 is 0 Å². The van der Waals surface area contributed by atoms with Crippen molar-refractivity contribution < 1.29 is 9.59 Å². The molecule has 0 radical (unpaired) electrons. The van der Waals surface area contributed by atoms with E-state index in [1.54, 1.807) is 0 Å². The number of amides is 2. The van der Waals surface area contributed by atoms with E-state index in [4.69, 9.17) is 0 Å². The second-order valence-corrected chi connectivity index (χ2v) is 7.83. The summed E-state index contributed by atoms with van der Waals surface area (Å²) < 4.78 is 0.677. The van der Waals surface area contributed by atoms with Crippen LogP contribution in [0.1, 0.15) is 11.1 Å². The average molecular weight is 399 g/mol. The first-order valence-electron chi connectivity index (χ1n) is 8.30. The Morgan fingerprint density at radius 2 is 1.56 bits per heavy atom. The summed E-state index contributed by atoms with van der Waals surface area (Å²) in [5, 5.41) is 14.4. The molecular formula is C19H18N4O2S2. The summed E-state index contributed by atoms with van der Waals surface area (Å²) in [6.45, 7) is 0.661. The van der Waals surface area contributed by atoms with Crippen LogP contribution < -0.4 is 10.6 Å². The molecule has 8 heteroatoms. The monoisotopic (exact) mass is 398 g/mol. The molecule has 0 bridgehead atoms. The number of hydrogen-bond acceptors (Lipinski definition) is 7. The van der Waals surface area contributed by atoms with Gasteiger partial charge >= 0.3 is 0 Å². The molecule has 27 heavy (non-hydrogen) atoms. The molecule has 0 fully saturated rings. The number of nitrogens with one attached hydrogen (secondary N) is 2. The minimum atomic E-state index is -0.338. The van der Waals surface area contributed by atoms with E-state index in [0.717, 1.165) is 11.1 Å². The number of carbonyl (C=O) groups excluding carboxylic acids is 2. The number of imide groups is 1. The number of hydrogen-bond donors (Lipinski definition) is 2. The lowest BCUT2D eigenvalue weighted by molar-refractivity contribution is -0.128. The van der Waals surface area contributed by atoms with Crippen molar-refractivity contribution in [2.45, 2.75) is 17.3 Å². The van der Waals surface area contributed by atoms with E-state index in [0.29, 0.717) is 16.0 Å². The Labute approximate surface area is 165 Å². The fourth-order valence-corrected chi connectivity index (χ4v) is 3.81. The lowest BCUT2D eigenvalue weighted by Crippen LogP contribution is -2.33. The molecule has 2 aromatic carbocycles. The SMILES string of the molecule is O=C(CSc1nnc(NCc2ccccc2)s1)NC(=O)Cc1ccccc1. The van der Waals surface area contributed by atoms with E-state index in [1.165, 1.54) is 23.1 Å². The molecule has 0 spiro atoms. The fourth-order valence-electron chi connectivity index (χ4n) is 2.26. The summed E-state index contributed by atoms with van der Waals surface area (Å²) in [6, 6.07) is 19.3.